The predicted octanol–water partition coefficient (Wildman–Crippen LogP) is 2.59. The van der Waals surface area contributed by atoms with Crippen LogP contribution in [0.1, 0.15) is 20.3 Å². The van der Waals surface area contributed by atoms with Crippen LogP contribution in [0, 0.1) is 0 Å². The molecule has 0 aromatic carbocycles. The number of anilines is 2. The summed E-state index contributed by atoms with van der Waals surface area (Å²) >= 11 is 5.07. The van der Waals surface area contributed by atoms with E-state index in [1.165, 1.54) is 0 Å². The minimum Gasteiger partial charge on any atom is -0.395 e. The van der Waals surface area contributed by atoms with Gasteiger partial charge in [0, 0.05) is 24.0 Å². The number of aliphatic hydroxyl groups excluding tert-OH is 1. The zero-order chi connectivity index (χ0) is 14.3. The monoisotopic (exact) mass is 348 g/mol. The van der Waals surface area contributed by atoms with Gasteiger partial charge in [-0.1, -0.05) is 6.92 Å². The summed E-state index contributed by atoms with van der Waals surface area (Å²) in [6.45, 7) is 5.11. The molecule has 2 unspecified atom stereocenters. The molecule has 0 radical (unpaired) electrons. The van der Waals surface area contributed by atoms with Gasteiger partial charge in [-0.25, -0.2) is 4.98 Å². The van der Waals surface area contributed by atoms with Crippen molar-refractivity contribution in [2.24, 2.45) is 0 Å². The van der Waals surface area contributed by atoms with Gasteiger partial charge in [0.1, 0.15) is 5.82 Å². The Morgan fingerprint density at radius 1 is 1.53 bits per heavy atom. The molecule has 0 bridgehead atoms. The highest BCUT2D eigenvalue weighted by Gasteiger charge is 2.17. The molecule has 0 saturated heterocycles. The third-order valence-corrected chi connectivity index (χ3v) is 4.43. The molecular weight excluding hydrogens is 328 g/mol. The Morgan fingerprint density at radius 2 is 2.26 bits per heavy atom. The Balaban J connectivity index is 2.75. The first-order valence-electron chi connectivity index (χ1n) is 6.29. The first kappa shape index (κ1) is 16.5. The van der Waals surface area contributed by atoms with Crippen molar-refractivity contribution in [3.8, 4) is 0 Å². The second kappa shape index (κ2) is 8.60. The molecule has 1 rings (SSSR count). The Kier molecular flexibility index (Phi) is 7.48. The summed E-state index contributed by atoms with van der Waals surface area (Å²) in [5.41, 5.74) is 0. The molecule has 19 heavy (non-hydrogen) atoms. The number of aromatic nitrogens is 2. The van der Waals surface area contributed by atoms with E-state index >= 15 is 0 Å². The molecule has 7 heteroatoms. The maximum atomic E-state index is 9.30. The molecule has 1 heterocycles. The lowest BCUT2D eigenvalue weighted by molar-refractivity contribution is 0.288. The molecule has 0 fully saturated rings. The molecule has 108 valence electrons. The van der Waals surface area contributed by atoms with Gasteiger partial charge in [-0.3, -0.25) is 0 Å². The molecule has 1 aromatic heterocycles. The lowest BCUT2D eigenvalue weighted by Crippen LogP contribution is -2.31. The van der Waals surface area contributed by atoms with Crippen molar-refractivity contribution in [1.82, 2.24) is 9.97 Å². The summed E-state index contributed by atoms with van der Waals surface area (Å²) in [6.07, 6.45) is 4.74. The minimum absolute atomic E-state index is 0.116. The van der Waals surface area contributed by atoms with Crippen LogP contribution < -0.4 is 10.6 Å². The van der Waals surface area contributed by atoms with E-state index in [-0.39, 0.29) is 17.9 Å². The van der Waals surface area contributed by atoms with Gasteiger partial charge in [-0.15, -0.1) is 0 Å². The fourth-order valence-electron chi connectivity index (χ4n) is 1.54. The molecule has 5 nitrogen and oxygen atoms in total. The van der Waals surface area contributed by atoms with E-state index < -0.39 is 0 Å². The Labute approximate surface area is 127 Å². The van der Waals surface area contributed by atoms with Crippen LogP contribution in [0.3, 0.4) is 0 Å². The summed E-state index contributed by atoms with van der Waals surface area (Å²) in [5.74, 6) is 1.36. The van der Waals surface area contributed by atoms with Crippen LogP contribution in [0.15, 0.2) is 10.7 Å². The summed E-state index contributed by atoms with van der Waals surface area (Å²) in [7, 11) is 0. The van der Waals surface area contributed by atoms with Crippen LogP contribution in [-0.4, -0.2) is 45.8 Å². The van der Waals surface area contributed by atoms with E-state index in [2.05, 4.69) is 43.5 Å². The minimum atomic E-state index is 0.116. The molecule has 0 spiro atoms. The molecule has 2 atom stereocenters. The van der Waals surface area contributed by atoms with Crippen molar-refractivity contribution in [2.75, 3.05) is 30.0 Å². The van der Waals surface area contributed by atoms with Crippen molar-refractivity contribution in [1.29, 1.82) is 0 Å². The van der Waals surface area contributed by atoms with Crippen LogP contribution in [0.2, 0.25) is 0 Å². The van der Waals surface area contributed by atoms with Crippen molar-refractivity contribution in [2.45, 2.75) is 31.6 Å². The lowest BCUT2D eigenvalue weighted by atomic mass is 10.2. The first-order chi connectivity index (χ1) is 9.12. The Bertz CT molecular complexity index is 390. The maximum absolute atomic E-state index is 9.30. The van der Waals surface area contributed by atoms with Gasteiger partial charge in [0.2, 0.25) is 5.95 Å². The molecule has 1 aromatic rings. The quantitative estimate of drug-likeness (QED) is 0.670. The van der Waals surface area contributed by atoms with Crippen LogP contribution >= 0.6 is 27.7 Å². The molecular formula is C12H21BrN4OS. The molecule has 0 saturated carbocycles. The van der Waals surface area contributed by atoms with Crippen LogP contribution in [0.5, 0.6) is 0 Å². The summed E-state index contributed by atoms with van der Waals surface area (Å²) in [4.78, 5) is 8.63. The highest BCUT2D eigenvalue weighted by molar-refractivity contribution is 9.10. The van der Waals surface area contributed by atoms with E-state index in [0.717, 1.165) is 23.3 Å². The van der Waals surface area contributed by atoms with Gasteiger partial charge in [0.15, 0.2) is 0 Å². The van der Waals surface area contributed by atoms with Crippen molar-refractivity contribution in [3.63, 3.8) is 0 Å². The zero-order valence-electron chi connectivity index (χ0n) is 11.5. The number of nitrogens with one attached hydrogen (secondary N) is 2. The number of aliphatic hydroxyl groups is 1. The normalized spacial score (nSPS) is 13.9. The van der Waals surface area contributed by atoms with Gasteiger partial charge in [0.25, 0.3) is 0 Å². The number of hydrogen-bond acceptors (Lipinski definition) is 6. The number of hydrogen-bond donors (Lipinski definition) is 3. The van der Waals surface area contributed by atoms with Gasteiger partial charge in [-0.2, -0.15) is 16.7 Å². The molecule has 0 aliphatic rings. The van der Waals surface area contributed by atoms with E-state index in [0.29, 0.717) is 5.95 Å². The van der Waals surface area contributed by atoms with Crippen molar-refractivity contribution in [3.05, 3.63) is 10.7 Å². The number of nitrogens with zero attached hydrogens (tertiary/aromatic N) is 2. The molecule has 0 aliphatic carbocycles. The summed E-state index contributed by atoms with van der Waals surface area (Å²) in [6, 6.07) is 0.116. The third kappa shape index (κ3) is 5.16. The number of rotatable bonds is 8. The molecule has 0 amide bonds. The van der Waals surface area contributed by atoms with E-state index in [9.17, 15) is 5.11 Å². The maximum Gasteiger partial charge on any atom is 0.224 e. The fourth-order valence-corrected chi connectivity index (χ4v) is 2.47. The van der Waals surface area contributed by atoms with Crippen LogP contribution in [-0.2, 0) is 0 Å². The summed E-state index contributed by atoms with van der Waals surface area (Å²) in [5, 5.41) is 15.9. The average molecular weight is 349 g/mol. The van der Waals surface area contributed by atoms with Crippen molar-refractivity contribution >= 4 is 39.5 Å². The van der Waals surface area contributed by atoms with E-state index in [4.69, 9.17) is 0 Å². The van der Waals surface area contributed by atoms with Crippen LogP contribution in [0.4, 0.5) is 11.8 Å². The smallest absolute Gasteiger partial charge is 0.224 e. The van der Waals surface area contributed by atoms with E-state index in [1.807, 2.05) is 13.2 Å². The largest absolute Gasteiger partial charge is 0.395 e. The highest BCUT2D eigenvalue weighted by Crippen LogP contribution is 2.23. The van der Waals surface area contributed by atoms with Crippen LogP contribution in [0.25, 0.3) is 0 Å². The second-order valence-electron chi connectivity index (χ2n) is 4.21. The SMILES string of the molecule is CCCNc1ncc(Br)c(NC(C)C(CO)SC)n1. The van der Waals surface area contributed by atoms with Gasteiger partial charge in [-0.05, 0) is 35.5 Å². The molecule has 3 N–H and O–H groups in total. The standard InChI is InChI=1S/C12H21BrN4OS/c1-4-5-14-12-15-6-9(13)11(17-12)16-8(2)10(7-18)19-3/h6,8,10,18H,4-5,7H2,1-3H3,(H2,14,15,16,17). The van der Waals surface area contributed by atoms with Gasteiger partial charge >= 0.3 is 0 Å². The van der Waals surface area contributed by atoms with E-state index in [1.54, 1.807) is 18.0 Å². The zero-order valence-corrected chi connectivity index (χ0v) is 13.9. The Morgan fingerprint density at radius 3 is 2.84 bits per heavy atom. The second-order valence-corrected chi connectivity index (χ2v) is 6.14. The average Bonchev–Trinajstić information content (AvgIpc) is 2.41. The predicted molar refractivity (Wildman–Crippen MR) is 86.0 cm³/mol. The topological polar surface area (TPSA) is 70.1 Å². The fraction of sp³-hybridized carbons (Fsp3) is 0.667. The van der Waals surface area contributed by atoms with Gasteiger partial charge < -0.3 is 15.7 Å². The van der Waals surface area contributed by atoms with Crippen molar-refractivity contribution < 1.29 is 5.11 Å². The summed E-state index contributed by atoms with van der Waals surface area (Å²) < 4.78 is 0.819. The highest BCUT2D eigenvalue weighted by atomic mass is 79.9. The first-order valence-corrected chi connectivity index (χ1v) is 8.37. The number of halogens is 1. The number of thioether (sulfide) groups is 1. The lowest BCUT2D eigenvalue weighted by Gasteiger charge is -2.22. The third-order valence-electron chi connectivity index (χ3n) is 2.68. The molecule has 0 aliphatic heterocycles. The van der Waals surface area contributed by atoms with Gasteiger partial charge in [0.05, 0.1) is 11.1 Å². The Hall–Kier alpha value is -0.530.